The van der Waals surface area contributed by atoms with Gasteiger partial charge in [0.1, 0.15) is 5.78 Å². The number of halogens is 1. The molecule has 0 aliphatic carbocycles. The molecular formula is C6H11FO. The minimum Gasteiger partial charge on any atom is -0.300 e. The van der Waals surface area contributed by atoms with Crippen LogP contribution in [0, 0.1) is 0 Å². The summed E-state index contributed by atoms with van der Waals surface area (Å²) in [5.41, 5.74) is 0. The number of unbranched alkanes of at least 4 members (excludes halogenated alkanes) is 1. The fraction of sp³-hybridized carbons (Fsp3) is 0.833. The van der Waals surface area contributed by atoms with Gasteiger partial charge in [-0.15, -0.1) is 0 Å². The van der Waals surface area contributed by atoms with E-state index in [1.165, 1.54) is 6.92 Å². The Bertz CT molecular complexity index is 70.9. The molecule has 0 saturated carbocycles. The molecule has 2 heteroatoms. The topological polar surface area (TPSA) is 17.1 Å². The average Bonchev–Trinajstić information content (AvgIpc) is 1.66. The number of hydrogen-bond acceptors (Lipinski definition) is 1. The molecule has 0 radical (unpaired) electrons. The molecule has 0 atom stereocenters. The Labute approximate surface area is 48.9 Å². The van der Waals surface area contributed by atoms with Crippen molar-refractivity contribution in [2.24, 2.45) is 0 Å². The molecule has 0 spiro atoms. The number of Topliss-reactive ketones (excluding diaryl/α,β-unsaturated/α-hetero) is 1. The van der Waals surface area contributed by atoms with Crippen LogP contribution in [-0.4, -0.2) is 12.5 Å². The molecule has 0 aromatic carbocycles. The molecule has 0 bridgehead atoms. The van der Waals surface area contributed by atoms with E-state index in [9.17, 15) is 9.18 Å². The van der Waals surface area contributed by atoms with Crippen LogP contribution in [0.1, 0.15) is 26.2 Å². The summed E-state index contributed by atoms with van der Waals surface area (Å²) >= 11 is 0. The lowest BCUT2D eigenvalue weighted by atomic mass is 10.2. The second-order valence-electron chi connectivity index (χ2n) is 1.85. The van der Waals surface area contributed by atoms with E-state index in [1.807, 2.05) is 0 Å². The molecule has 0 fully saturated rings. The lowest BCUT2D eigenvalue weighted by molar-refractivity contribution is -0.117. The van der Waals surface area contributed by atoms with Gasteiger partial charge in [-0.2, -0.15) is 0 Å². The molecule has 0 aliphatic rings. The molecule has 8 heavy (non-hydrogen) atoms. The van der Waals surface area contributed by atoms with Gasteiger partial charge in [0.05, 0.1) is 6.67 Å². The number of ketones is 1. The monoisotopic (exact) mass is 118 g/mol. The van der Waals surface area contributed by atoms with Gasteiger partial charge in [-0.05, 0) is 19.8 Å². The van der Waals surface area contributed by atoms with Gasteiger partial charge >= 0.3 is 0 Å². The van der Waals surface area contributed by atoms with E-state index in [1.54, 1.807) is 0 Å². The van der Waals surface area contributed by atoms with Crippen LogP contribution >= 0.6 is 0 Å². The van der Waals surface area contributed by atoms with Crippen molar-refractivity contribution in [2.45, 2.75) is 26.2 Å². The van der Waals surface area contributed by atoms with Crippen molar-refractivity contribution in [3.8, 4) is 0 Å². The number of carbonyl (C=O) groups is 1. The summed E-state index contributed by atoms with van der Waals surface area (Å²) in [7, 11) is 0. The van der Waals surface area contributed by atoms with E-state index in [4.69, 9.17) is 0 Å². The Hall–Kier alpha value is -0.400. The van der Waals surface area contributed by atoms with Crippen molar-refractivity contribution in [3.05, 3.63) is 0 Å². The van der Waals surface area contributed by atoms with E-state index in [2.05, 4.69) is 0 Å². The van der Waals surface area contributed by atoms with Gasteiger partial charge in [0, 0.05) is 6.42 Å². The van der Waals surface area contributed by atoms with Crippen LogP contribution < -0.4 is 0 Å². The predicted octanol–water partition coefficient (Wildman–Crippen LogP) is 1.72. The van der Waals surface area contributed by atoms with Gasteiger partial charge in [0.15, 0.2) is 0 Å². The summed E-state index contributed by atoms with van der Waals surface area (Å²) in [5, 5.41) is 0. The summed E-state index contributed by atoms with van der Waals surface area (Å²) < 4.78 is 11.3. The summed E-state index contributed by atoms with van der Waals surface area (Å²) in [5.74, 6) is 0.151. The highest BCUT2D eigenvalue weighted by Gasteiger charge is 1.90. The zero-order valence-electron chi connectivity index (χ0n) is 5.11. The molecule has 0 heterocycles. The summed E-state index contributed by atoms with van der Waals surface area (Å²) in [6.45, 7) is 1.23. The smallest absolute Gasteiger partial charge is 0.129 e. The zero-order valence-corrected chi connectivity index (χ0v) is 5.11. The van der Waals surface area contributed by atoms with Gasteiger partial charge in [0.2, 0.25) is 0 Å². The molecular weight excluding hydrogens is 107 g/mol. The van der Waals surface area contributed by atoms with Crippen LogP contribution in [0.4, 0.5) is 4.39 Å². The number of hydrogen-bond donors (Lipinski definition) is 0. The van der Waals surface area contributed by atoms with Crippen LogP contribution in [0.25, 0.3) is 0 Å². The Morgan fingerprint density at radius 1 is 1.50 bits per heavy atom. The van der Waals surface area contributed by atoms with E-state index in [-0.39, 0.29) is 12.5 Å². The molecule has 0 aromatic heterocycles. The van der Waals surface area contributed by atoms with Gasteiger partial charge in [-0.3, -0.25) is 4.39 Å². The summed E-state index contributed by atoms with van der Waals surface area (Å²) in [6.07, 6.45) is 1.76. The minimum absolute atomic E-state index is 0.151. The van der Waals surface area contributed by atoms with Gasteiger partial charge < -0.3 is 4.79 Å². The van der Waals surface area contributed by atoms with Gasteiger partial charge in [-0.25, -0.2) is 0 Å². The maximum absolute atomic E-state index is 11.3. The van der Waals surface area contributed by atoms with Crippen LogP contribution in [-0.2, 0) is 4.79 Å². The standard InChI is InChI=1S/C6H11FO/c1-6(8)4-2-3-5-7/h2-5H2,1H3. The number of alkyl halides is 1. The lowest BCUT2D eigenvalue weighted by Gasteiger charge is -1.89. The third-order valence-electron chi connectivity index (χ3n) is 0.912. The molecule has 0 amide bonds. The highest BCUT2D eigenvalue weighted by atomic mass is 19.1. The third-order valence-corrected chi connectivity index (χ3v) is 0.912. The molecule has 0 aliphatic heterocycles. The largest absolute Gasteiger partial charge is 0.300 e. The first-order valence-corrected chi connectivity index (χ1v) is 2.82. The fourth-order valence-electron chi connectivity index (χ4n) is 0.468. The molecule has 0 aromatic rings. The SMILES string of the molecule is CC(=O)CCCCF. The molecule has 1 nitrogen and oxygen atoms in total. The van der Waals surface area contributed by atoms with Crippen molar-refractivity contribution < 1.29 is 9.18 Å². The number of rotatable bonds is 4. The summed E-state index contributed by atoms with van der Waals surface area (Å²) in [4.78, 5) is 10.2. The van der Waals surface area contributed by atoms with Crippen molar-refractivity contribution in [3.63, 3.8) is 0 Å². The first kappa shape index (κ1) is 7.60. The van der Waals surface area contributed by atoms with E-state index >= 15 is 0 Å². The second-order valence-corrected chi connectivity index (χ2v) is 1.85. The first-order valence-electron chi connectivity index (χ1n) is 2.82. The third kappa shape index (κ3) is 5.60. The molecule has 0 N–H and O–H groups in total. The number of carbonyl (C=O) groups excluding carboxylic acids is 1. The maximum atomic E-state index is 11.3. The molecule has 48 valence electrons. The Morgan fingerprint density at radius 3 is 2.50 bits per heavy atom. The predicted molar refractivity (Wildman–Crippen MR) is 30.5 cm³/mol. The van der Waals surface area contributed by atoms with E-state index < -0.39 is 0 Å². The van der Waals surface area contributed by atoms with E-state index in [0.717, 1.165) is 0 Å². The van der Waals surface area contributed by atoms with Crippen LogP contribution in [0.5, 0.6) is 0 Å². The van der Waals surface area contributed by atoms with Crippen LogP contribution in [0.15, 0.2) is 0 Å². The highest BCUT2D eigenvalue weighted by Crippen LogP contribution is 1.95. The van der Waals surface area contributed by atoms with Crippen LogP contribution in [0.2, 0.25) is 0 Å². The van der Waals surface area contributed by atoms with E-state index in [0.29, 0.717) is 19.3 Å². The molecule has 0 saturated heterocycles. The first-order chi connectivity index (χ1) is 3.77. The van der Waals surface area contributed by atoms with Crippen molar-refractivity contribution in [1.82, 2.24) is 0 Å². The molecule has 0 rings (SSSR count). The van der Waals surface area contributed by atoms with Crippen molar-refractivity contribution in [2.75, 3.05) is 6.67 Å². The summed E-state index contributed by atoms with van der Waals surface area (Å²) in [6, 6.07) is 0. The van der Waals surface area contributed by atoms with Crippen molar-refractivity contribution >= 4 is 5.78 Å². The van der Waals surface area contributed by atoms with Gasteiger partial charge in [0.25, 0.3) is 0 Å². The zero-order chi connectivity index (χ0) is 6.41. The maximum Gasteiger partial charge on any atom is 0.129 e. The quantitative estimate of drug-likeness (QED) is 0.513. The highest BCUT2D eigenvalue weighted by molar-refractivity contribution is 5.75. The second kappa shape index (κ2) is 4.75. The minimum atomic E-state index is -0.298. The lowest BCUT2D eigenvalue weighted by Crippen LogP contribution is -1.89. The Kier molecular flexibility index (Phi) is 4.51. The van der Waals surface area contributed by atoms with Gasteiger partial charge in [-0.1, -0.05) is 0 Å². The Balaban J connectivity index is 2.82. The Morgan fingerprint density at radius 2 is 2.12 bits per heavy atom. The van der Waals surface area contributed by atoms with Crippen LogP contribution in [0.3, 0.4) is 0 Å². The molecule has 0 unspecified atom stereocenters. The van der Waals surface area contributed by atoms with Crippen molar-refractivity contribution in [1.29, 1.82) is 0 Å². The fourth-order valence-corrected chi connectivity index (χ4v) is 0.468. The normalized spacial score (nSPS) is 9.25. The average molecular weight is 118 g/mol.